The molecule has 184 valence electrons. The van der Waals surface area contributed by atoms with Gasteiger partial charge in [-0.15, -0.1) is 6.42 Å². The van der Waals surface area contributed by atoms with Crippen molar-refractivity contribution in [3.63, 3.8) is 0 Å². The van der Waals surface area contributed by atoms with Crippen molar-refractivity contribution < 1.29 is 17.9 Å². The number of hydrogen-bond acceptors (Lipinski definition) is 5. The van der Waals surface area contributed by atoms with E-state index in [1.165, 1.54) is 39.9 Å². The minimum Gasteiger partial charge on any atom is -0.497 e. The van der Waals surface area contributed by atoms with Crippen LogP contribution in [0.2, 0.25) is 0 Å². The van der Waals surface area contributed by atoms with E-state index in [0.29, 0.717) is 17.1 Å². The fraction of sp³-hybridized carbons (Fsp3) is 0.185. The van der Waals surface area contributed by atoms with E-state index < -0.39 is 15.9 Å². The highest BCUT2D eigenvalue weighted by Gasteiger charge is 2.23. The standard InChI is InChI=1S/C27H25N3O4S2/c1-4-17-30-24-16-13-22(34-3)18-25(24)35-27(30)28-26(31)21-11-14-23(15-12-21)36(32,33)29(5-2)19-20-9-7-6-8-10-20/h1,6-16,18H,5,17,19H2,2-3H3. The number of terminal acetylenes is 1. The zero-order valence-electron chi connectivity index (χ0n) is 19.9. The Labute approximate surface area is 214 Å². The summed E-state index contributed by atoms with van der Waals surface area (Å²) in [6.45, 7) is 2.63. The van der Waals surface area contributed by atoms with Crippen LogP contribution in [0.1, 0.15) is 22.8 Å². The Morgan fingerprint density at radius 2 is 1.83 bits per heavy atom. The zero-order chi connectivity index (χ0) is 25.7. The lowest BCUT2D eigenvalue weighted by atomic mass is 10.2. The highest BCUT2D eigenvalue weighted by molar-refractivity contribution is 7.89. The summed E-state index contributed by atoms with van der Waals surface area (Å²) in [5.74, 6) is 2.81. The van der Waals surface area contributed by atoms with Gasteiger partial charge in [-0.25, -0.2) is 8.42 Å². The van der Waals surface area contributed by atoms with Crippen LogP contribution >= 0.6 is 11.3 Å². The average molecular weight is 520 g/mol. The van der Waals surface area contributed by atoms with Crippen molar-refractivity contribution in [1.82, 2.24) is 8.87 Å². The van der Waals surface area contributed by atoms with Crippen LogP contribution in [0.4, 0.5) is 0 Å². The fourth-order valence-electron chi connectivity index (χ4n) is 3.73. The molecule has 0 N–H and O–H groups in total. The number of nitrogens with zero attached hydrogens (tertiary/aromatic N) is 3. The third-order valence-corrected chi connectivity index (χ3v) is 8.61. The Balaban J connectivity index is 1.63. The first-order valence-electron chi connectivity index (χ1n) is 11.2. The molecule has 0 aliphatic heterocycles. The number of ether oxygens (including phenoxy) is 1. The Morgan fingerprint density at radius 3 is 2.47 bits per heavy atom. The monoisotopic (exact) mass is 519 g/mol. The highest BCUT2D eigenvalue weighted by atomic mass is 32.2. The van der Waals surface area contributed by atoms with Gasteiger partial charge in [-0.2, -0.15) is 9.30 Å². The van der Waals surface area contributed by atoms with Crippen molar-refractivity contribution in [3.05, 3.63) is 88.7 Å². The molecule has 0 atom stereocenters. The van der Waals surface area contributed by atoms with Gasteiger partial charge in [-0.3, -0.25) is 4.79 Å². The maximum absolute atomic E-state index is 13.2. The van der Waals surface area contributed by atoms with Crippen LogP contribution < -0.4 is 9.54 Å². The molecule has 3 aromatic carbocycles. The van der Waals surface area contributed by atoms with Gasteiger partial charge in [0.05, 0.1) is 28.8 Å². The average Bonchev–Trinajstić information content (AvgIpc) is 3.23. The molecule has 1 amide bonds. The normalized spacial score (nSPS) is 12.1. The largest absolute Gasteiger partial charge is 0.497 e. The molecule has 9 heteroatoms. The highest BCUT2D eigenvalue weighted by Crippen LogP contribution is 2.23. The number of carbonyl (C=O) groups is 1. The predicted octanol–water partition coefficient (Wildman–Crippen LogP) is 4.30. The molecule has 1 heterocycles. The molecule has 0 radical (unpaired) electrons. The number of amides is 1. The lowest BCUT2D eigenvalue weighted by Crippen LogP contribution is -2.30. The van der Waals surface area contributed by atoms with E-state index in [9.17, 15) is 13.2 Å². The van der Waals surface area contributed by atoms with E-state index >= 15 is 0 Å². The van der Waals surface area contributed by atoms with Gasteiger partial charge in [0.15, 0.2) is 4.80 Å². The summed E-state index contributed by atoms with van der Waals surface area (Å²) in [6, 6.07) is 20.8. The maximum atomic E-state index is 13.2. The summed E-state index contributed by atoms with van der Waals surface area (Å²) in [4.78, 5) is 17.8. The molecule has 0 aliphatic carbocycles. The lowest BCUT2D eigenvalue weighted by Gasteiger charge is -2.20. The van der Waals surface area contributed by atoms with Gasteiger partial charge in [0.25, 0.3) is 5.91 Å². The zero-order valence-corrected chi connectivity index (χ0v) is 21.6. The number of hydrogen-bond donors (Lipinski definition) is 0. The first-order valence-corrected chi connectivity index (χ1v) is 13.5. The van der Waals surface area contributed by atoms with Gasteiger partial charge in [-0.1, -0.05) is 54.5 Å². The number of thiazole rings is 1. The Hall–Kier alpha value is -3.71. The number of rotatable bonds is 8. The van der Waals surface area contributed by atoms with Gasteiger partial charge in [-0.05, 0) is 48.0 Å². The SMILES string of the molecule is C#CCn1c(=NC(=O)c2ccc(S(=O)(=O)N(CC)Cc3ccccc3)cc2)sc2cc(OC)ccc21. The van der Waals surface area contributed by atoms with Crippen LogP contribution in [0.3, 0.4) is 0 Å². The van der Waals surface area contributed by atoms with E-state index in [-0.39, 0.29) is 23.5 Å². The van der Waals surface area contributed by atoms with Gasteiger partial charge in [0.1, 0.15) is 5.75 Å². The molecule has 0 bridgehead atoms. The molecule has 1 aromatic heterocycles. The van der Waals surface area contributed by atoms with Crippen LogP contribution in [0.15, 0.2) is 82.7 Å². The summed E-state index contributed by atoms with van der Waals surface area (Å²) >= 11 is 1.33. The van der Waals surface area contributed by atoms with E-state index in [1.807, 2.05) is 48.5 Å². The number of aromatic nitrogens is 1. The molecule has 0 spiro atoms. The van der Waals surface area contributed by atoms with Crippen molar-refractivity contribution in [3.8, 4) is 18.1 Å². The van der Waals surface area contributed by atoms with E-state index in [2.05, 4.69) is 10.9 Å². The second-order valence-electron chi connectivity index (χ2n) is 7.87. The van der Waals surface area contributed by atoms with Gasteiger partial charge < -0.3 is 9.30 Å². The third-order valence-electron chi connectivity index (χ3n) is 5.63. The van der Waals surface area contributed by atoms with Gasteiger partial charge in [0, 0.05) is 18.7 Å². The van der Waals surface area contributed by atoms with Crippen molar-refractivity contribution >= 4 is 37.5 Å². The molecule has 0 saturated carbocycles. The molecule has 7 nitrogen and oxygen atoms in total. The minimum atomic E-state index is -3.73. The third kappa shape index (κ3) is 5.26. The molecule has 4 rings (SSSR count). The van der Waals surface area contributed by atoms with Crippen molar-refractivity contribution in [2.45, 2.75) is 24.9 Å². The number of methoxy groups -OCH3 is 1. The van der Waals surface area contributed by atoms with E-state index in [4.69, 9.17) is 11.2 Å². The van der Waals surface area contributed by atoms with Crippen LogP contribution in [0, 0.1) is 12.3 Å². The van der Waals surface area contributed by atoms with Crippen molar-refractivity contribution in [2.24, 2.45) is 4.99 Å². The van der Waals surface area contributed by atoms with Crippen molar-refractivity contribution in [2.75, 3.05) is 13.7 Å². The summed E-state index contributed by atoms with van der Waals surface area (Å²) in [5, 5.41) is 0. The maximum Gasteiger partial charge on any atom is 0.279 e. The fourth-order valence-corrected chi connectivity index (χ4v) is 6.23. The lowest BCUT2D eigenvalue weighted by molar-refractivity contribution is 0.0998. The number of carbonyl (C=O) groups excluding carboxylic acids is 1. The van der Waals surface area contributed by atoms with E-state index in [1.54, 1.807) is 18.6 Å². The molecule has 0 unspecified atom stereocenters. The van der Waals surface area contributed by atoms with E-state index in [0.717, 1.165) is 15.8 Å². The molecule has 0 aliphatic rings. The molecule has 0 fully saturated rings. The van der Waals surface area contributed by atoms with Crippen LogP contribution in [0.25, 0.3) is 10.2 Å². The molecule has 36 heavy (non-hydrogen) atoms. The van der Waals surface area contributed by atoms with Crippen LogP contribution in [0.5, 0.6) is 5.75 Å². The molecular formula is C27H25N3O4S2. The molecular weight excluding hydrogens is 494 g/mol. The number of sulfonamides is 1. The number of fused-ring (bicyclic) bond motifs is 1. The predicted molar refractivity (Wildman–Crippen MR) is 141 cm³/mol. The second kappa shape index (κ2) is 10.9. The Bertz CT molecular complexity index is 1600. The van der Waals surface area contributed by atoms with Crippen LogP contribution in [-0.2, 0) is 23.1 Å². The topological polar surface area (TPSA) is 81.0 Å². The van der Waals surface area contributed by atoms with Gasteiger partial charge in [0.2, 0.25) is 10.0 Å². The summed E-state index contributed by atoms with van der Waals surface area (Å²) < 4.78 is 35.8. The van der Waals surface area contributed by atoms with Crippen LogP contribution in [-0.4, -0.2) is 36.9 Å². The summed E-state index contributed by atoms with van der Waals surface area (Å²) in [7, 11) is -2.15. The number of benzene rings is 3. The quantitative estimate of drug-likeness (QED) is 0.325. The van der Waals surface area contributed by atoms with Gasteiger partial charge >= 0.3 is 0 Å². The molecule has 0 saturated heterocycles. The Morgan fingerprint density at radius 1 is 1.11 bits per heavy atom. The smallest absolute Gasteiger partial charge is 0.279 e. The Kier molecular flexibility index (Phi) is 7.70. The minimum absolute atomic E-state index is 0.119. The first-order chi connectivity index (χ1) is 17.4. The summed E-state index contributed by atoms with van der Waals surface area (Å²) in [6.07, 6.45) is 5.54. The summed E-state index contributed by atoms with van der Waals surface area (Å²) in [5.41, 5.74) is 2.03. The second-order valence-corrected chi connectivity index (χ2v) is 10.8. The van der Waals surface area contributed by atoms with Crippen molar-refractivity contribution in [1.29, 1.82) is 0 Å². The molecule has 4 aromatic rings. The first kappa shape index (κ1) is 25.4.